The van der Waals surface area contributed by atoms with E-state index < -0.39 is 15.6 Å². The summed E-state index contributed by atoms with van der Waals surface area (Å²) in [6, 6.07) is 13.7. The lowest BCUT2D eigenvalue weighted by molar-refractivity contribution is -0.123. The first-order valence-electron chi connectivity index (χ1n) is 19.5. The Morgan fingerprint density at radius 1 is 1.04 bits per heavy atom. The van der Waals surface area contributed by atoms with E-state index in [1.165, 1.54) is 0 Å². The summed E-state index contributed by atoms with van der Waals surface area (Å²) in [5.74, 6) is 1.88. The maximum atomic E-state index is 13.2. The van der Waals surface area contributed by atoms with E-state index in [2.05, 4.69) is 31.9 Å². The van der Waals surface area contributed by atoms with Gasteiger partial charge in [-0.1, -0.05) is 18.2 Å². The topological polar surface area (TPSA) is 160 Å². The molecule has 14 heteroatoms. The highest BCUT2D eigenvalue weighted by atomic mass is 32.2. The number of sulfonamides is 1. The lowest BCUT2D eigenvalue weighted by atomic mass is 10.0. The van der Waals surface area contributed by atoms with Gasteiger partial charge in [-0.05, 0) is 121 Å². The molecule has 2 aromatic heterocycles. The Morgan fingerprint density at radius 2 is 1.82 bits per heavy atom. The van der Waals surface area contributed by atoms with Crippen molar-refractivity contribution in [2.24, 2.45) is 0 Å². The number of hydrogen-bond donors (Lipinski definition) is 3. The normalized spacial score (nSPS) is 16.0. The third-order valence-electron chi connectivity index (χ3n) is 9.91. The number of Topliss-reactive ketones (excluding diaryl/α,β-unsaturated/α-hetero) is 2. The molecule has 2 aliphatic rings. The molecule has 12 nitrogen and oxygen atoms in total. The van der Waals surface area contributed by atoms with E-state index in [1.807, 2.05) is 36.6 Å². The number of amides is 1. The second-order valence-electron chi connectivity index (χ2n) is 15.9. The first-order chi connectivity index (χ1) is 27.1. The van der Waals surface area contributed by atoms with Crippen molar-refractivity contribution in [3.63, 3.8) is 0 Å². The minimum absolute atomic E-state index is 0.0635. The van der Waals surface area contributed by atoms with Crippen LogP contribution in [0.15, 0.2) is 77.2 Å². The molecule has 0 unspecified atom stereocenters. The lowest BCUT2D eigenvalue weighted by Gasteiger charge is -2.25. The van der Waals surface area contributed by atoms with Crippen molar-refractivity contribution in [1.82, 2.24) is 19.6 Å². The van der Waals surface area contributed by atoms with E-state index in [0.29, 0.717) is 68.3 Å². The number of aromatic nitrogens is 2. The van der Waals surface area contributed by atoms with Crippen LogP contribution in [0.5, 0.6) is 5.75 Å². The fourth-order valence-electron chi connectivity index (χ4n) is 7.02. The SMILES string of the molecule is C=C1CCC[C@H](N2Cc3c(csc3CCC(=O)CCCCCOc3ccc(Nc4ncc(C)c(Nc5cccc(S(=O)(=O)NC(C)(C)C)c5)n4)cc3)C2=O)C(=O)C1. The van der Waals surface area contributed by atoms with E-state index in [-0.39, 0.29) is 28.4 Å². The number of rotatable bonds is 17. The Kier molecular flexibility index (Phi) is 13.3. The van der Waals surface area contributed by atoms with Gasteiger partial charge in [0, 0.05) is 64.7 Å². The summed E-state index contributed by atoms with van der Waals surface area (Å²) < 4.78 is 34.3. The lowest BCUT2D eigenvalue weighted by Crippen LogP contribution is -2.40. The first kappa shape index (κ1) is 41.7. The highest BCUT2D eigenvalue weighted by Crippen LogP contribution is 2.36. The predicted molar refractivity (Wildman–Crippen MR) is 224 cm³/mol. The number of ether oxygens (including phenoxy) is 1. The highest BCUT2D eigenvalue weighted by molar-refractivity contribution is 7.89. The number of benzene rings is 2. The van der Waals surface area contributed by atoms with E-state index >= 15 is 0 Å². The summed E-state index contributed by atoms with van der Waals surface area (Å²) in [6.45, 7) is 12.2. The quantitative estimate of drug-likeness (QED) is 0.0536. The molecule has 1 atom stereocenters. The van der Waals surface area contributed by atoms with Crippen LogP contribution in [0.1, 0.15) is 105 Å². The Bertz CT molecular complexity index is 2230. The summed E-state index contributed by atoms with van der Waals surface area (Å²) in [5, 5.41) is 8.32. The third kappa shape index (κ3) is 11.1. The average molecular weight is 813 g/mol. The van der Waals surface area contributed by atoms with Gasteiger partial charge in [0.1, 0.15) is 17.4 Å². The van der Waals surface area contributed by atoms with Gasteiger partial charge in [-0.2, -0.15) is 4.98 Å². The fraction of sp³-hybridized carbons (Fsp3) is 0.419. The summed E-state index contributed by atoms with van der Waals surface area (Å²) in [6.07, 6.45) is 8.50. The van der Waals surface area contributed by atoms with Crippen molar-refractivity contribution in [1.29, 1.82) is 0 Å². The van der Waals surface area contributed by atoms with Crippen molar-refractivity contribution < 1.29 is 27.5 Å². The summed E-state index contributed by atoms with van der Waals surface area (Å²) in [4.78, 5) is 50.7. The zero-order valence-electron chi connectivity index (χ0n) is 33.2. The van der Waals surface area contributed by atoms with E-state index in [4.69, 9.17) is 4.74 Å². The number of hydrogen-bond acceptors (Lipinski definition) is 11. The van der Waals surface area contributed by atoms with Crippen LogP contribution in [0.25, 0.3) is 0 Å². The average Bonchev–Trinajstić information content (AvgIpc) is 3.65. The summed E-state index contributed by atoms with van der Waals surface area (Å²) in [5.41, 5.74) is 4.16. The van der Waals surface area contributed by atoms with Gasteiger partial charge < -0.3 is 20.3 Å². The number of unbranched alkanes of at least 4 members (excludes halogenated alkanes) is 2. The molecular formula is C43H52N6O6S2. The summed E-state index contributed by atoms with van der Waals surface area (Å²) >= 11 is 1.54. The minimum Gasteiger partial charge on any atom is -0.494 e. The minimum atomic E-state index is -3.70. The molecule has 0 radical (unpaired) electrons. The molecule has 3 heterocycles. The monoisotopic (exact) mass is 812 g/mol. The van der Waals surface area contributed by atoms with Gasteiger partial charge in [-0.15, -0.1) is 11.3 Å². The number of nitrogens with one attached hydrogen (secondary N) is 3. The molecule has 1 aliphatic carbocycles. The smallest absolute Gasteiger partial charge is 0.255 e. The molecule has 1 saturated carbocycles. The van der Waals surface area contributed by atoms with Crippen LogP contribution in [0.2, 0.25) is 0 Å². The van der Waals surface area contributed by atoms with Gasteiger partial charge in [0.05, 0.1) is 23.1 Å². The molecule has 1 aliphatic heterocycles. The van der Waals surface area contributed by atoms with Crippen molar-refractivity contribution in [2.75, 3.05) is 17.2 Å². The zero-order valence-corrected chi connectivity index (χ0v) is 34.8. The van der Waals surface area contributed by atoms with Gasteiger partial charge in [0.2, 0.25) is 16.0 Å². The van der Waals surface area contributed by atoms with Crippen LogP contribution in [0.4, 0.5) is 23.1 Å². The number of carbonyl (C=O) groups is 3. The van der Waals surface area contributed by atoms with Crippen LogP contribution < -0.4 is 20.1 Å². The number of nitrogens with zero attached hydrogens (tertiary/aromatic N) is 3. The number of allylic oxidation sites excluding steroid dienone is 1. The molecule has 1 amide bonds. The molecule has 1 fully saturated rings. The van der Waals surface area contributed by atoms with Crippen molar-refractivity contribution in [2.45, 2.75) is 115 Å². The van der Waals surface area contributed by atoms with E-state index in [1.54, 1.807) is 67.5 Å². The molecule has 57 heavy (non-hydrogen) atoms. The van der Waals surface area contributed by atoms with Crippen molar-refractivity contribution in [3.8, 4) is 5.75 Å². The van der Waals surface area contributed by atoms with Gasteiger partial charge in [-0.25, -0.2) is 18.1 Å². The molecule has 0 spiro atoms. The van der Waals surface area contributed by atoms with Gasteiger partial charge in [0.15, 0.2) is 5.78 Å². The van der Waals surface area contributed by atoms with Crippen LogP contribution in [-0.4, -0.2) is 58.9 Å². The largest absolute Gasteiger partial charge is 0.494 e. The maximum absolute atomic E-state index is 13.2. The first-order valence-corrected chi connectivity index (χ1v) is 21.9. The molecule has 302 valence electrons. The standard InChI is InChI=1S/C43H52N6O6S2/c1-28-11-9-15-37(38(51)23-28)49-26-35-36(41(49)52)27-56-39(35)21-18-32(50)13-7-6-8-22-55-33-19-16-30(17-20-33)46-42-44-25-29(2)40(47-42)45-31-12-10-14-34(24-31)57(53,54)48-43(3,4)5/h10,12,14,16-17,19-20,24-25,27,37,48H,1,6-9,11,13,15,18,21-23,26H2,2-5H3,(H2,44,45,46,47)/t37-/m0/s1. The van der Waals surface area contributed by atoms with Crippen LogP contribution in [0.3, 0.4) is 0 Å². The number of fused-ring (bicyclic) bond motifs is 1. The van der Waals surface area contributed by atoms with Crippen LogP contribution in [-0.2, 0) is 32.6 Å². The third-order valence-corrected chi connectivity index (χ3v) is 12.8. The molecule has 6 rings (SSSR count). The second-order valence-corrected chi connectivity index (χ2v) is 18.5. The van der Waals surface area contributed by atoms with Crippen LogP contribution in [0, 0.1) is 6.92 Å². The van der Waals surface area contributed by atoms with Crippen molar-refractivity contribution in [3.05, 3.63) is 93.8 Å². The molecule has 4 aromatic rings. The van der Waals surface area contributed by atoms with E-state index in [0.717, 1.165) is 65.1 Å². The Balaban J connectivity index is 0.898. The fourth-order valence-corrected chi connectivity index (χ4v) is 9.53. The van der Waals surface area contributed by atoms with E-state index in [9.17, 15) is 22.8 Å². The van der Waals surface area contributed by atoms with Crippen molar-refractivity contribution >= 4 is 62.0 Å². The molecule has 3 N–H and O–H groups in total. The Morgan fingerprint density at radius 3 is 2.60 bits per heavy atom. The number of ketones is 2. The van der Waals surface area contributed by atoms with Gasteiger partial charge >= 0.3 is 0 Å². The van der Waals surface area contributed by atoms with Crippen LogP contribution >= 0.6 is 11.3 Å². The number of carbonyl (C=O) groups excluding carboxylic acids is 3. The molecule has 0 saturated heterocycles. The molecule has 0 bridgehead atoms. The summed E-state index contributed by atoms with van der Waals surface area (Å²) in [7, 11) is -3.70. The highest BCUT2D eigenvalue weighted by Gasteiger charge is 2.38. The Hall–Kier alpha value is -4.92. The zero-order chi connectivity index (χ0) is 40.7. The number of aryl methyl sites for hydroxylation is 2. The second kappa shape index (κ2) is 18.1. The van der Waals surface area contributed by atoms with Gasteiger partial charge in [0.25, 0.3) is 5.91 Å². The van der Waals surface area contributed by atoms with Gasteiger partial charge in [-0.3, -0.25) is 14.4 Å². The predicted octanol–water partition coefficient (Wildman–Crippen LogP) is 8.58. The maximum Gasteiger partial charge on any atom is 0.255 e. The number of thiophene rings is 1. The number of anilines is 4. The molecular weight excluding hydrogens is 761 g/mol. The Labute approximate surface area is 339 Å². The molecule has 2 aromatic carbocycles.